The minimum Gasteiger partial charge on any atom is -0.486 e. The van der Waals surface area contributed by atoms with Gasteiger partial charge >= 0.3 is 5.56 Å². The lowest BCUT2D eigenvalue weighted by molar-refractivity contribution is -0.114. The number of sulfonamides is 1. The van der Waals surface area contributed by atoms with E-state index in [1.54, 1.807) is 48.7 Å². The van der Waals surface area contributed by atoms with E-state index in [-0.39, 0.29) is 40.9 Å². The van der Waals surface area contributed by atoms with Gasteiger partial charge in [-0.05, 0) is 42.7 Å². The summed E-state index contributed by atoms with van der Waals surface area (Å²) in [6.45, 7) is 4.93. The van der Waals surface area contributed by atoms with Gasteiger partial charge in [0.15, 0.2) is 0 Å². The number of piperazine rings is 1. The van der Waals surface area contributed by atoms with Gasteiger partial charge in [0.05, 0.1) is 35.0 Å². The Morgan fingerprint density at radius 3 is 2.46 bits per heavy atom. The topological polar surface area (TPSA) is 114 Å². The van der Waals surface area contributed by atoms with Crippen LogP contribution in [0.1, 0.15) is 32.3 Å². The van der Waals surface area contributed by atoms with Gasteiger partial charge < -0.3 is 15.0 Å². The fourth-order valence-electron chi connectivity index (χ4n) is 4.69. The minimum absolute atomic E-state index is 0.0388. The van der Waals surface area contributed by atoms with Gasteiger partial charge in [0.2, 0.25) is 21.7 Å². The summed E-state index contributed by atoms with van der Waals surface area (Å²) in [6, 6.07) is 11.7. The Labute approximate surface area is 248 Å². The predicted molar refractivity (Wildman–Crippen MR) is 160 cm³/mol. The maximum Gasteiger partial charge on any atom is 0.316 e. The number of halogens is 2. The number of anilines is 2. The zero-order valence-corrected chi connectivity index (χ0v) is 25.1. The maximum atomic E-state index is 13.6. The Kier molecular flexibility index (Phi) is 8.34. The molecule has 13 heteroatoms. The Balaban J connectivity index is 1.36. The van der Waals surface area contributed by atoms with E-state index in [1.807, 2.05) is 4.90 Å². The first-order valence-corrected chi connectivity index (χ1v) is 15.6. The number of nitrogens with zero attached hydrogens (tertiary/aromatic N) is 4. The van der Waals surface area contributed by atoms with E-state index in [9.17, 15) is 18.0 Å². The zero-order chi connectivity index (χ0) is 29.4. The molecule has 1 N–H and O–H groups in total. The van der Waals surface area contributed by atoms with Gasteiger partial charge in [0.1, 0.15) is 5.69 Å². The fraction of sp³-hybridized carbons (Fsp3) is 0.393. The number of nitrogens with one attached hydrogen (secondary N) is 1. The number of benzene rings is 2. The van der Waals surface area contributed by atoms with Crippen molar-refractivity contribution < 1.29 is 17.9 Å². The third kappa shape index (κ3) is 6.69. The Morgan fingerprint density at radius 2 is 1.80 bits per heavy atom. The smallest absolute Gasteiger partial charge is 0.316 e. The zero-order valence-electron chi connectivity index (χ0n) is 22.8. The lowest BCUT2D eigenvalue weighted by Gasteiger charge is -2.36. The first-order chi connectivity index (χ1) is 19.5. The summed E-state index contributed by atoms with van der Waals surface area (Å²) < 4.78 is 35.6. The first kappa shape index (κ1) is 29.4. The molecular weight excluding hydrogens is 589 g/mol. The van der Waals surface area contributed by atoms with E-state index in [0.717, 1.165) is 12.8 Å². The molecule has 2 aliphatic rings. The van der Waals surface area contributed by atoms with Crippen LogP contribution in [-0.2, 0) is 20.6 Å². The predicted octanol–water partition coefficient (Wildman–Crippen LogP) is 4.33. The number of aromatic nitrogens is 2. The maximum absolute atomic E-state index is 13.6. The lowest BCUT2D eigenvalue weighted by atomic mass is 10.2. The molecule has 3 aromatic rings. The average Bonchev–Trinajstić information content (AvgIpc) is 3.66. The number of carbonyl (C=O) groups excluding carboxylic acids is 1. The van der Waals surface area contributed by atoms with Crippen LogP contribution < -0.4 is 20.5 Å². The highest BCUT2D eigenvalue weighted by Crippen LogP contribution is 2.45. The van der Waals surface area contributed by atoms with Crippen molar-refractivity contribution in [3.63, 3.8) is 0 Å². The van der Waals surface area contributed by atoms with Crippen LogP contribution in [-0.4, -0.2) is 61.2 Å². The number of hydrogen-bond donors (Lipinski definition) is 1. The van der Waals surface area contributed by atoms with E-state index in [1.165, 1.54) is 15.9 Å². The minimum atomic E-state index is -3.73. The SMILES string of the molecule is CC(=O)Nc1c(Cl)cccc1CS(=O)(=O)N1CCN(c2cnn(-c3cccc(Cl)c3)c(=O)c2OCC2(C)CC2)CC1. The lowest BCUT2D eigenvalue weighted by Crippen LogP contribution is -2.49. The molecule has 1 aliphatic heterocycles. The molecule has 0 bridgehead atoms. The second kappa shape index (κ2) is 11.6. The van der Waals surface area contributed by atoms with Gasteiger partial charge in [-0.15, -0.1) is 0 Å². The standard InChI is InChI=1S/C28H31Cl2N5O5S/c1-19(36)32-25-20(5-3-8-23(25)30)17-41(38,39)34-13-11-33(12-14-34)24-16-31-35(22-7-4-6-21(29)15-22)27(37)26(24)40-18-28(2)9-10-28/h3-8,15-16H,9-14,17-18H2,1-2H3,(H,32,36). The average molecular weight is 621 g/mol. The highest BCUT2D eigenvalue weighted by Gasteiger charge is 2.39. The summed E-state index contributed by atoms with van der Waals surface area (Å²) in [7, 11) is -3.73. The van der Waals surface area contributed by atoms with Crippen molar-refractivity contribution in [1.82, 2.24) is 14.1 Å². The molecule has 1 saturated carbocycles. The summed E-state index contributed by atoms with van der Waals surface area (Å²) in [4.78, 5) is 27.2. The molecule has 2 heterocycles. The van der Waals surface area contributed by atoms with Crippen molar-refractivity contribution in [2.45, 2.75) is 32.4 Å². The molecule has 0 spiro atoms. The van der Waals surface area contributed by atoms with Crippen LogP contribution in [0.4, 0.5) is 11.4 Å². The van der Waals surface area contributed by atoms with Crippen LogP contribution in [0.25, 0.3) is 5.69 Å². The molecule has 0 radical (unpaired) electrons. The van der Waals surface area contributed by atoms with E-state index < -0.39 is 15.6 Å². The molecular formula is C28H31Cl2N5O5S. The summed E-state index contributed by atoms with van der Waals surface area (Å²) >= 11 is 12.4. The highest BCUT2D eigenvalue weighted by molar-refractivity contribution is 7.88. The summed E-state index contributed by atoms with van der Waals surface area (Å²) in [5.41, 5.74) is 1.38. The second-order valence-corrected chi connectivity index (χ2v) is 13.6. The second-order valence-electron chi connectivity index (χ2n) is 10.8. The Hall–Kier alpha value is -3.12. The number of carbonyl (C=O) groups is 1. The van der Waals surface area contributed by atoms with E-state index in [4.69, 9.17) is 27.9 Å². The molecule has 0 atom stereocenters. The van der Waals surface area contributed by atoms with Crippen LogP contribution in [0.5, 0.6) is 5.75 Å². The monoisotopic (exact) mass is 619 g/mol. The molecule has 0 unspecified atom stereocenters. The molecule has 5 rings (SSSR count). The van der Waals surface area contributed by atoms with Crippen LogP contribution >= 0.6 is 23.2 Å². The molecule has 1 saturated heterocycles. The van der Waals surface area contributed by atoms with Crippen molar-refractivity contribution >= 4 is 50.5 Å². The normalized spacial score (nSPS) is 16.8. The van der Waals surface area contributed by atoms with Crippen LogP contribution in [0.15, 0.2) is 53.5 Å². The summed E-state index contributed by atoms with van der Waals surface area (Å²) in [6.07, 6.45) is 3.65. The molecule has 2 fully saturated rings. The van der Waals surface area contributed by atoms with E-state index in [2.05, 4.69) is 17.3 Å². The third-order valence-corrected chi connectivity index (χ3v) is 9.73. The number of para-hydroxylation sites is 1. The number of amides is 1. The van der Waals surface area contributed by atoms with Crippen molar-refractivity contribution in [1.29, 1.82) is 0 Å². The van der Waals surface area contributed by atoms with Gasteiger partial charge in [0, 0.05) is 43.5 Å². The number of rotatable bonds is 9. The summed E-state index contributed by atoms with van der Waals surface area (Å²) in [5, 5.41) is 7.78. The van der Waals surface area contributed by atoms with Crippen molar-refractivity contribution in [3.05, 3.63) is 74.6 Å². The molecule has 218 valence electrons. The quantitative estimate of drug-likeness (QED) is 0.379. The van der Waals surface area contributed by atoms with Crippen molar-refractivity contribution in [3.8, 4) is 11.4 Å². The van der Waals surface area contributed by atoms with E-state index >= 15 is 0 Å². The van der Waals surface area contributed by atoms with Gasteiger partial charge in [-0.2, -0.15) is 14.1 Å². The van der Waals surface area contributed by atoms with Gasteiger partial charge in [-0.25, -0.2) is 8.42 Å². The highest BCUT2D eigenvalue weighted by atomic mass is 35.5. The van der Waals surface area contributed by atoms with Gasteiger partial charge in [-0.3, -0.25) is 9.59 Å². The largest absolute Gasteiger partial charge is 0.486 e. The van der Waals surface area contributed by atoms with Crippen LogP contribution in [0, 0.1) is 5.41 Å². The van der Waals surface area contributed by atoms with Crippen molar-refractivity contribution in [2.75, 3.05) is 43.0 Å². The molecule has 1 aliphatic carbocycles. The Bertz CT molecular complexity index is 1630. The van der Waals surface area contributed by atoms with Gasteiger partial charge in [0.25, 0.3) is 0 Å². The van der Waals surface area contributed by atoms with Gasteiger partial charge in [-0.1, -0.05) is 48.3 Å². The first-order valence-electron chi connectivity index (χ1n) is 13.2. The molecule has 41 heavy (non-hydrogen) atoms. The van der Waals surface area contributed by atoms with Crippen LogP contribution in [0.2, 0.25) is 10.0 Å². The van der Waals surface area contributed by atoms with Crippen LogP contribution in [0.3, 0.4) is 0 Å². The third-order valence-electron chi connectivity index (χ3n) is 7.35. The van der Waals surface area contributed by atoms with Crippen molar-refractivity contribution in [2.24, 2.45) is 5.41 Å². The molecule has 1 amide bonds. The molecule has 2 aromatic carbocycles. The number of ether oxygens (including phenoxy) is 1. The fourth-order valence-corrected chi connectivity index (χ4v) is 6.65. The van der Waals surface area contributed by atoms with E-state index in [0.29, 0.717) is 47.3 Å². The summed E-state index contributed by atoms with van der Waals surface area (Å²) in [5.74, 6) is -0.471. The molecule has 10 nitrogen and oxygen atoms in total. The number of hydrogen-bond acceptors (Lipinski definition) is 7. The Morgan fingerprint density at radius 1 is 1.10 bits per heavy atom. The molecule has 1 aromatic heterocycles.